The molecule has 0 amide bonds. The van der Waals surface area contributed by atoms with Crippen molar-refractivity contribution >= 4 is 5.97 Å². The van der Waals surface area contributed by atoms with Gasteiger partial charge in [0.05, 0.1) is 6.61 Å². The van der Waals surface area contributed by atoms with Gasteiger partial charge in [-0.15, -0.1) is 0 Å². The molecule has 1 rings (SSSR count). The van der Waals surface area contributed by atoms with E-state index in [-0.39, 0.29) is 5.97 Å². The minimum absolute atomic E-state index is 0.176. The van der Waals surface area contributed by atoms with Crippen molar-refractivity contribution in [2.45, 2.75) is 52.2 Å². The molecule has 1 heterocycles. The summed E-state index contributed by atoms with van der Waals surface area (Å²) >= 11 is 0. The number of hydrogen-bond acceptors (Lipinski definition) is 3. The molecule has 3 heteroatoms. The molecule has 13 heavy (non-hydrogen) atoms. The summed E-state index contributed by atoms with van der Waals surface area (Å²) in [7, 11) is 0. The van der Waals surface area contributed by atoms with Crippen LogP contribution in [0.25, 0.3) is 0 Å². The van der Waals surface area contributed by atoms with Gasteiger partial charge >= 0.3 is 5.97 Å². The van der Waals surface area contributed by atoms with E-state index in [9.17, 15) is 4.79 Å². The van der Waals surface area contributed by atoms with Gasteiger partial charge in [-0.3, -0.25) is 9.69 Å². The first-order valence-corrected chi connectivity index (χ1v) is 4.95. The van der Waals surface area contributed by atoms with Crippen molar-refractivity contribution < 1.29 is 9.53 Å². The monoisotopic (exact) mass is 185 g/mol. The van der Waals surface area contributed by atoms with Crippen LogP contribution in [-0.4, -0.2) is 35.6 Å². The molecule has 0 aliphatic carbocycles. The number of rotatable bonds is 4. The molecule has 0 bridgehead atoms. The summed E-state index contributed by atoms with van der Waals surface area (Å²) in [5.41, 5.74) is 0. The summed E-state index contributed by atoms with van der Waals surface area (Å²) in [5, 5.41) is 0. The fourth-order valence-corrected chi connectivity index (χ4v) is 2.00. The van der Waals surface area contributed by atoms with Gasteiger partial charge in [-0.1, -0.05) is 0 Å². The molecular formula is C10H19NO2. The van der Waals surface area contributed by atoms with Crippen LogP contribution in [0.1, 0.15) is 34.1 Å². The molecule has 0 aromatic rings. The van der Waals surface area contributed by atoms with E-state index in [0.717, 1.165) is 6.42 Å². The Kier molecular flexibility index (Phi) is 3.31. The minimum Gasteiger partial charge on any atom is -0.466 e. The van der Waals surface area contributed by atoms with Gasteiger partial charge in [0, 0.05) is 25.0 Å². The van der Waals surface area contributed by atoms with Crippen LogP contribution in [0.5, 0.6) is 0 Å². The van der Waals surface area contributed by atoms with Gasteiger partial charge < -0.3 is 4.74 Å². The zero-order chi connectivity index (χ0) is 10.0. The number of carbonyl (C=O) groups excluding carboxylic acids is 1. The average molecular weight is 185 g/mol. The van der Waals surface area contributed by atoms with Crippen molar-refractivity contribution in [3.05, 3.63) is 0 Å². The van der Waals surface area contributed by atoms with Crippen LogP contribution >= 0.6 is 0 Å². The Labute approximate surface area is 80.1 Å². The van der Waals surface area contributed by atoms with E-state index < -0.39 is 0 Å². The predicted octanol–water partition coefficient (Wildman–Crippen LogP) is 1.42. The third kappa shape index (κ3) is 2.69. The Balaban J connectivity index is 2.15. The molecular weight excluding hydrogens is 166 g/mol. The van der Waals surface area contributed by atoms with Crippen molar-refractivity contribution in [2.75, 3.05) is 6.61 Å². The molecule has 0 aromatic heterocycles. The molecule has 1 aliphatic rings. The summed E-state index contributed by atoms with van der Waals surface area (Å²) < 4.78 is 4.90. The number of carbonyl (C=O) groups is 1. The maximum atomic E-state index is 10.5. The highest BCUT2D eigenvalue weighted by atomic mass is 16.5. The Bertz CT molecular complexity index is 191. The molecule has 0 spiro atoms. The van der Waals surface area contributed by atoms with Crippen molar-refractivity contribution in [3.63, 3.8) is 0 Å². The smallest absolute Gasteiger partial charge is 0.302 e. The van der Waals surface area contributed by atoms with Crippen LogP contribution < -0.4 is 0 Å². The van der Waals surface area contributed by atoms with E-state index in [4.69, 9.17) is 4.74 Å². The second kappa shape index (κ2) is 4.09. The third-order valence-electron chi connectivity index (χ3n) is 2.64. The van der Waals surface area contributed by atoms with Crippen LogP contribution in [0.3, 0.4) is 0 Å². The number of hydrogen-bond donors (Lipinski definition) is 0. The molecule has 3 unspecified atom stereocenters. The van der Waals surface area contributed by atoms with Crippen LogP contribution in [0.15, 0.2) is 0 Å². The summed E-state index contributed by atoms with van der Waals surface area (Å²) in [6.07, 6.45) is 0.971. The molecule has 3 nitrogen and oxygen atoms in total. The fourth-order valence-electron chi connectivity index (χ4n) is 2.00. The van der Waals surface area contributed by atoms with Crippen molar-refractivity contribution in [1.82, 2.24) is 4.90 Å². The van der Waals surface area contributed by atoms with Crippen LogP contribution in [0.4, 0.5) is 0 Å². The van der Waals surface area contributed by atoms with Crippen LogP contribution in [0.2, 0.25) is 0 Å². The quantitative estimate of drug-likeness (QED) is 0.490. The second-order valence-corrected chi connectivity index (χ2v) is 3.98. The number of nitrogens with zero attached hydrogens (tertiary/aromatic N) is 1. The van der Waals surface area contributed by atoms with Crippen LogP contribution in [-0.2, 0) is 9.53 Å². The summed E-state index contributed by atoms with van der Waals surface area (Å²) in [4.78, 5) is 12.9. The summed E-state index contributed by atoms with van der Waals surface area (Å²) in [5.74, 6) is -0.176. The number of esters is 1. The first-order valence-electron chi connectivity index (χ1n) is 4.95. The standard InChI is InChI=1S/C10H19NO2/c1-7(2)11-8(3)10(11)5-6-13-9(4)12/h7-8,10H,5-6H2,1-4H3. The topological polar surface area (TPSA) is 29.3 Å². The third-order valence-corrected chi connectivity index (χ3v) is 2.64. The molecule has 0 radical (unpaired) electrons. The maximum absolute atomic E-state index is 10.5. The van der Waals surface area contributed by atoms with Crippen molar-refractivity contribution in [2.24, 2.45) is 0 Å². The molecule has 1 fully saturated rings. The highest BCUT2D eigenvalue weighted by molar-refractivity contribution is 5.65. The Hall–Kier alpha value is -0.570. The molecule has 1 saturated heterocycles. The van der Waals surface area contributed by atoms with Crippen molar-refractivity contribution in [1.29, 1.82) is 0 Å². The molecule has 0 saturated carbocycles. The van der Waals surface area contributed by atoms with Gasteiger partial charge in [0.25, 0.3) is 0 Å². The van der Waals surface area contributed by atoms with E-state index in [1.165, 1.54) is 6.92 Å². The Morgan fingerprint density at radius 1 is 1.54 bits per heavy atom. The molecule has 76 valence electrons. The lowest BCUT2D eigenvalue weighted by molar-refractivity contribution is -0.141. The average Bonchev–Trinajstić information content (AvgIpc) is 2.60. The van der Waals surface area contributed by atoms with Gasteiger partial charge in [0.15, 0.2) is 0 Å². The lowest BCUT2D eigenvalue weighted by atomic mass is 10.3. The zero-order valence-electron chi connectivity index (χ0n) is 8.91. The second-order valence-electron chi connectivity index (χ2n) is 3.98. The van der Waals surface area contributed by atoms with Crippen molar-refractivity contribution in [3.8, 4) is 0 Å². The molecule has 3 atom stereocenters. The normalized spacial score (nSPS) is 31.9. The van der Waals surface area contributed by atoms with Gasteiger partial charge in [-0.2, -0.15) is 0 Å². The first-order chi connectivity index (χ1) is 6.04. The van der Waals surface area contributed by atoms with Gasteiger partial charge in [-0.25, -0.2) is 0 Å². The Morgan fingerprint density at radius 2 is 2.15 bits per heavy atom. The molecule has 0 aromatic carbocycles. The number of ether oxygens (including phenoxy) is 1. The molecule has 0 N–H and O–H groups in total. The summed E-state index contributed by atoms with van der Waals surface area (Å²) in [6, 6.07) is 1.90. The first kappa shape index (κ1) is 10.5. The van der Waals surface area contributed by atoms with E-state index in [2.05, 4.69) is 25.7 Å². The zero-order valence-corrected chi connectivity index (χ0v) is 8.91. The maximum Gasteiger partial charge on any atom is 0.302 e. The van der Waals surface area contributed by atoms with E-state index >= 15 is 0 Å². The largest absolute Gasteiger partial charge is 0.466 e. The lowest BCUT2D eigenvalue weighted by Gasteiger charge is -2.07. The van der Waals surface area contributed by atoms with Gasteiger partial charge in [0.2, 0.25) is 0 Å². The molecule has 1 aliphatic heterocycles. The van der Waals surface area contributed by atoms with E-state index in [1.54, 1.807) is 0 Å². The fraction of sp³-hybridized carbons (Fsp3) is 0.900. The highest BCUT2D eigenvalue weighted by Gasteiger charge is 2.44. The summed E-state index contributed by atoms with van der Waals surface area (Å²) in [6.45, 7) is 8.63. The van der Waals surface area contributed by atoms with Gasteiger partial charge in [0.1, 0.15) is 0 Å². The van der Waals surface area contributed by atoms with E-state index in [1.807, 2.05) is 0 Å². The van der Waals surface area contributed by atoms with Crippen LogP contribution in [0, 0.1) is 0 Å². The van der Waals surface area contributed by atoms with Gasteiger partial charge in [-0.05, 0) is 27.2 Å². The predicted molar refractivity (Wildman–Crippen MR) is 51.5 cm³/mol. The van der Waals surface area contributed by atoms with E-state index in [0.29, 0.717) is 24.7 Å². The Morgan fingerprint density at radius 3 is 2.54 bits per heavy atom. The minimum atomic E-state index is -0.176. The lowest BCUT2D eigenvalue weighted by Crippen LogP contribution is -2.14. The highest BCUT2D eigenvalue weighted by Crippen LogP contribution is 2.32. The SMILES string of the molecule is CC(=O)OCCC1C(C)N1C(C)C.